The van der Waals surface area contributed by atoms with Crippen molar-refractivity contribution in [3.05, 3.63) is 6.07 Å². The van der Waals surface area contributed by atoms with Crippen LogP contribution in [0.4, 0.5) is 0 Å². The molecule has 0 unspecified atom stereocenters. The Balaban J connectivity index is 1.33. The lowest BCUT2D eigenvalue weighted by molar-refractivity contribution is 1.75. The summed E-state index contributed by atoms with van der Waals surface area (Å²) < 4.78 is 0. The van der Waals surface area contributed by atoms with Crippen LogP contribution in [-0.4, -0.2) is 228 Å². The maximum atomic E-state index is 7.46. The van der Waals surface area contributed by atoms with Crippen molar-refractivity contribution >= 4 is 451 Å². The van der Waals surface area contributed by atoms with Crippen molar-refractivity contribution in [3.63, 3.8) is 0 Å². The smallest absolute Gasteiger partial charge is 0.112 e. The minimum atomic E-state index is -0.236. The summed E-state index contributed by atoms with van der Waals surface area (Å²) in [5, 5.41) is 2.58. The van der Waals surface area contributed by atoms with Crippen molar-refractivity contribution in [3.8, 4) is 44.5 Å². The van der Waals surface area contributed by atoms with Crippen molar-refractivity contribution in [2.75, 3.05) is 0 Å². The van der Waals surface area contributed by atoms with Crippen LogP contribution in [0.15, 0.2) is 6.07 Å². The van der Waals surface area contributed by atoms with Gasteiger partial charge in [0, 0.05) is 0 Å². The Bertz CT molecular complexity index is 4670. The Morgan fingerprint density at radius 2 is 0.316 bits per heavy atom. The summed E-state index contributed by atoms with van der Waals surface area (Å²) in [5.41, 5.74) is -3.24. The van der Waals surface area contributed by atoms with Crippen LogP contribution in [0.25, 0.3) is 109 Å². The molecule has 11 aromatic carbocycles. The quantitative estimate of drug-likeness (QED) is 0.122. The predicted octanol–water partition coefficient (Wildman–Crippen LogP) is -20.8. The fraction of sp³-hybridized carbons (Fsp3) is 0. The molecule has 0 aromatic heterocycles. The summed E-state index contributed by atoms with van der Waals surface area (Å²) in [6.07, 6.45) is 0. The van der Waals surface area contributed by atoms with Gasteiger partial charge in [-0.3, -0.25) is 0 Å². The lowest BCUT2D eigenvalue weighted by Crippen LogP contribution is -2.56. The highest BCUT2D eigenvalue weighted by atomic mass is 14.3. The maximum Gasteiger partial charge on any atom is 0.115 e. The second-order valence-corrected chi connectivity index (χ2v) is 19.7. The van der Waals surface area contributed by atoms with Gasteiger partial charge < -0.3 is 0 Å². The highest BCUT2D eigenvalue weighted by Crippen LogP contribution is 2.36. The van der Waals surface area contributed by atoms with Crippen LogP contribution >= 0.6 is 0 Å². The molecule has 0 saturated heterocycles. The zero-order valence-electron chi connectivity index (χ0n) is 41.8. The average molecular weight is 915 g/mol. The van der Waals surface area contributed by atoms with Crippen LogP contribution in [0.3, 0.4) is 0 Å². The molecule has 0 nitrogen and oxygen atoms in total. The molecule has 11 rings (SSSR count). The van der Waals surface area contributed by atoms with Crippen LogP contribution in [0.1, 0.15) is 0 Å². The van der Waals surface area contributed by atoms with Gasteiger partial charge in [0.15, 0.2) is 0 Å². The average Bonchev–Trinajstić information content (AvgIpc) is 2.45. The molecule has 79 heavy (non-hydrogen) atoms. The molecular weight excluding hydrogens is 914 g/mol. The summed E-state index contributed by atoms with van der Waals surface area (Å²) in [5.74, 6) is 0. The van der Waals surface area contributed by atoms with Crippen LogP contribution in [0.5, 0.6) is 0 Å². The number of hydrogen-bond donors (Lipinski definition) is 0. The second-order valence-electron chi connectivity index (χ2n) is 19.7. The van der Waals surface area contributed by atoms with Crippen LogP contribution < -0.4 is 158 Å². The van der Waals surface area contributed by atoms with Crippen LogP contribution in [0.2, 0.25) is 0 Å². The molecule has 0 heterocycles. The summed E-state index contributed by atoms with van der Waals surface area (Å²) in [4.78, 5) is 0. The topological polar surface area (TPSA) is 0 Å². The summed E-state index contributed by atoms with van der Waals surface area (Å²) in [7, 11) is 199. The standard InChI is InChI=1S/C50HB29/c51-3-1-2(23(52)27(56)5(3)10-11-6-8-16(34(63)29(11)58)40(69)46(75)42(71)18(8)38(67)36(65)14(6)32(61)28(10)57)4-24(53)20(26(55)21(25(4)54)22-44(73)48(77)50(79)49(78)45(22)74)13-12-7-9-17(35(64)30(12)59)41(70)47(76)43(72)19(9)39(68)37(66)15(7)33(62)31(13)60/h1H. The van der Waals surface area contributed by atoms with Gasteiger partial charge in [-0.2, -0.15) is 0 Å². The zero-order chi connectivity index (χ0) is 58.0. The third-order valence-electron chi connectivity index (χ3n) is 16.0. The van der Waals surface area contributed by atoms with Crippen LogP contribution in [-0.2, 0) is 0 Å². The third-order valence-corrected chi connectivity index (χ3v) is 16.0. The monoisotopic (exact) mass is 920 g/mol. The molecule has 0 amide bonds. The van der Waals surface area contributed by atoms with Gasteiger partial charge in [0.1, 0.15) is 228 Å². The van der Waals surface area contributed by atoms with E-state index in [0.29, 0.717) is 10.8 Å². The SMILES string of the molecule is [B]c1cc(-c2c([B])c(-c3c([B])c([B])c([B])c([B])c3[B])c([B])c(-c3c([B])c([B])c4c([B])c([B])c5c([B])c([B])c([B])c6c([B])c([B])c3c4c56)c2[B])c([B])c([B])c1-c1c([B])c([B])c2c([B])c([B])c3c([B])c([B])c([B])c4c([B])c([B])c1c2c34. The van der Waals surface area contributed by atoms with Gasteiger partial charge in [-0.25, -0.2) is 0 Å². The minimum absolute atomic E-state index is 0.000680. The zero-order valence-corrected chi connectivity index (χ0v) is 41.8. The molecule has 0 aliphatic heterocycles. The number of benzene rings is 11. The molecule has 0 bridgehead atoms. The molecule has 0 fully saturated rings. The van der Waals surface area contributed by atoms with Crippen molar-refractivity contribution in [1.82, 2.24) is 0 Å². The van der Waals surface area contributed by atoms with E-state index in [2.05, 4.69) is 0 Å². The van der Waals surface area contributed by atoms with Gasteiger partial charge in [0.2, 0.25) is 0 Å². The summed E-state index contributed by atoms with van der Waals surface area (Å²) >= 11 is 0. The van der Waals surface area contributed by atoms with Gasteiger partial charge in [0.25, 0.3) is 0 Å². The first kappa shape index (κ1) is 56.3. The van der Waals surface area contributed by atoms with Gasteiger partial charge >= 0.3 is 0 Å². The molecule has 288 valence electrons. The molecule has 58 radical (unpaired) electrons. The van der Waals surface area contributed by atoms with Gasteiger partial charge in [-0.15, -0.1) is 27.3 Å². The van der Waals surface area contributed by atoms with Crippen LogP contribution in [0, 0.1) is 0 Å². The maximum absolute atomic E-state index is 7.46. The summed E-state index contributed by atoms with van der Waals surface area (Å²) in [6, 6.07) is 1.41. The van der Waals surface area contributed by atoms with E-state index in [1.54, 1.807) is 0 Å². The van der Waals surface area contributed by atoms with Crippen molar-refractivity contribution in [2.45, 2.75) is 0 Å². The first-order chi connectivity index (χ1) is 36.9. The fourth-order valence-corrected chi connectivity index (χ4v) is 12.0. The summed E-state index contributed by atoms with van der Waals surface area (Å²) in [6.45, 7) is 0. The minimum Gasteiger partial charge on any atom is -0.112 e. The molecule has 0 N–H and O–H groups in total. The first-order valence-corrected chi connectivity index (χ1v) is 23.4. The Labute approximate surface area is 497 Å². The number of rotatable bonds is 4. The largest absolute Gasteiger partial charge is 0.115 e. The third kappa shape index (κ3) is 6.98. The predicted molar refractivity (Wildman–Crippen MR) is 372 cm³/mol. The Hall–Kier alpha value is -4.62. The van der Waals surface area contributed by atoms with Crippen molar-refractivity contribution < 1.29 is 0 Å². The lowest BCUT2D eigenvalue weighted by Gasteiger charge is -2.34. The van der Waals surface area contributed by atoms with Gasteiger partial charge in [0.05, 0.1) is 0 Å². The van der Waals surface area contributed by atoms with E-state index >= 15 is 0 Å². The van der Waals surface area contributed by atoms with E-state index in [-0.39, 0.29) is 257 Å². The molecule has 0 saturated carbocycles. The van der Waals surface area contributed by atoms with E-state index in [4.69, 9.17) is 228 Å². The molecule has 0 spiro atoms. The molecule has 0 atom stereocenters. The van der Waals surface area contributed by atoms with E-state index in [0.717, 1.165) is 0 Å². The van der Waals surface area contributed by atoms with E-state index in [1.807, 2.05) is 0 Å². The van der Waals surface area contributed by atoms with E-state index in [1.165, 1.54) is 6.07 Å². The van der Waals surface area contributed by atoms with Gasteiger partial charge in [-0.05, 0) is 109 Å². The highest BCUT2D eigenvalue weighted by Gasteiger charge is 2.31. The van der Waals surface area contributed by atoms with E-state index < -0.39 is 0 Å². The van der Waals surface area contributed by atoms with Crippen molar-refractivity contribution in [2.24, 2.45) is 0 Å². The Kier molecular flexibility index (Phi) is 13.3. The second kappa shape index (κ2) is 18.7. The first-order valence-electron chi connectivity index (χ1n) is 23.4. The lowest BCUT2D eigenvalue weighted by atomic mass is 9.55. The van der Waals surface area contributed by atoms with Crippen molar-refractivity contribution in [1.29, 1.82) is 0 Å². The van der Waals surface area contributed by atoms with E-state index in [9.17, 15) is 0 Å². The molecular formula is C50HB29. The number of hydrogen-bond acceptors (Lipinski definition) is 0. The van der Waals surface area contributed by atoms with Gasteiger partial charge in [-0.1, -0.05) is 137 Å². The fourth-order valence-electron chi connectivity index (χ4n) is 12.0. The highest BCUT2D eigenvalue weighted by molar-refractivity contribution is 6.79. The Morgan fingerprint density at radius 1 is 0.127 bits per heavy atom. The normalized spacial score (nSPS) is 12.0. The molecule has 29 heteroatoms. The Morgan fingerprint density at radius 3 is 0.658 bits per heavy atom. The molecule has 0 aliphatic rings. The molecule has 11 aromatic rings. The molecule has 0 aliphatic carbocycles.